The molecule has 0 saturated carbocycles. The second-order valence-corrected chi connectivity index (χ2v) is 12.6. The first-order valence-corrected chi connectivity index (χ1v) is 15.6. The maximum absolute atomic E-state index is 14.3. The van der Waals surface area contributed by atoms with Crippen molar-refractivity contribution in [3.63, 3.8) is 0 Å². The molecule has 9 heteroatoms. The molecule has 43 heavy (non-hydrogen) atoms. The second-order valence-electron chi connectivity index (χ2n) is 11.0. The topological polar surface area (TPSA) is 93.2 Å². The van der Waals surface area contributed by atoms with Crippen LogP contribution in [0.25, 0.3) is 0 Å². The molecule has 2 amide bonds. The summed E-state index contributed by atoms with van der Waals surface area (Å²) in [7, 11) is -4.16. The van der Waals surface area contributed by atoms with Crippen LogP contribution in [0.2, 0.25) is 0 Å². The second kappa shape index (κ2) is 11.7. The van der Waals surface area contributed by atoms with Gasteiger partial charge in [-0.3, -0.25) is 13.9 Å². The number of amides is 2. The van der Waals surface area contributed by atoms with Crippen molar-refractivity contribution in [3.05, 3.63) is 138 Å². The van der Waals surface area contributed by atoms with Crippen LogP contribution in [0, 0.1) is 6.92 Å². The fourth-order valence-corrected chi connectivity index (χ4v) is 7.17. The summed E-state index contributed by atoms with van der Waals surface area (Å²) < 4.78 is 38.0. The summed E-state index contributed by atoms with van der Waals surface area (Å²) in [5.74, 6) is -0.277. The molecule has 0 aromatic heterocycles. The summed E-state index contributed by atoms with van der Waals surface area (Å²) >= 11 is 0. The zero-order valence-corrected chi connectivity index (χ0v) is 24.5. The third-order valence-corrected chi connectivity index (χ3v) is 9.49. The molecule has 2 heterocycles. The summed E-state index contributed by atoms with van der Waals surface area (Å²) in [5, 5.41) is 0. The molecule has 0 unspecified atom stereocenters. The largest absolute Gasteiger partial charge is 0.445 e. The first kappa shape index (κ1) is 28.6. The Labute approximate surface area is 251 Å². The number of aryl methyl sites for hydroxylation is 1. The molecule has 8 nitrogen and oxygen atoms in total. The number of carbonyl (C=O) groups is 2. The predicted octanol–water partition coefficient (Wildman–Crippen LogP) is 5.63. The van der Waals surface area contributed by atoms with E-state index in [1.807, 2.05) is 97.9 Å². The molecule has 1 spiro atoms. The highest BCUT2D eigenvalue weighted by Crippen LogP contribution is 2.54. The van der Waals surface area contributed by atoms with Crippen molar-refractivity contribution < 1.29 is 26.9 Å². The summed E-state index contributed by atoms with van der Waals surface area (Å²) in [6, 6.07) is 34.2. The molecular formula is C34H32N2O6S. The Morgan fingerprint density at radius 3 is 2.05 bits per heavy atom. The van der Waals surface area contributed by atoms with E-state index in [4.69, 9.17) is 8.92 Å². The monoisotopic (exact) mass is 596 g/mol. The van der Waals surface area contributed by atoms with Crippen molar-refractivity contribution in [1.82, 2.24) is 9.80 Å². The number of rotatable bonds is 8. The van der Waals surface area contributed by atoms with E-state index in [2.05, 4.69) is 0 Å². The van der Waals surface area contributed by atoms with Gasteiger partial charge < -0.3 is 9.64 Å². The van der Waals surface area contributed by atoms with Crippen LogP contribution in [0.5, 0.6) is 0 Å². The number of ether oxygens (including phenoxy) is 1. The van der Waals surface area contributed by atoms with Gasteiger partial charge in [0.15, 0.2) is 5.54 Å². The number of carbonyl (C=O) groups excluding carboxylic acids is 2. The Morgan fingerprint density at radius 1 is 0.837 bits per heavy atom. The molecule has 4 aromatic carbocycles. The Morgan fingerprint density at radius 2 is 1.42 bits per heavy atom. The average molecular weight is 597 g/mol. The zero-order chi connectivity index (χ0) is 30.0. The minimum Gasteiger partial charge on any atom is -0.445 e. The molecule has 220 valence electrons. The fourth-order valence-electron chi connectivity index (χ4n) is 6.10. The van der Waals surface area contributed by atoms with Gasteiger partial charge in [0, 0.05) is 13.0 Å². The molecule has 4 aromatic rings. The fraction of sp³-hybridized carbons (Fsp3) is 0.235. The Balaban J connectivity index is 1.35. The summed E-state index contributed by atoms with van der Waals surface area (Å²) in [6.45, 7) is 2.09. The number of hydrogen-bond donors (Lipinski definition) is 0. The van der Waals surface area contributed by atoms with Gasteiger partial charge in [-0.2, -0.15) is 8.42 Å². The van der Waals surface area contributed by atoms with E-state index in [1.54, 1.807) is 17.0 Å². The highest BCUT2D eigenvalue weighted by atomic mass is 32.2. The first-order chi connectivity index (χ1) is 20.8. The summed E-state index contributed by atoms with van der Waals surface area (Å²) in [4.78, 5) is 31.1. The van der Waals surface area contributed by atoms with Crippen LogP contribution in [0.1, 0.15) is 34.7 Å². The summed E-state index contributed by atoms with van der Waals surface area (Å²) in [6.07, 6.45) is -1.65. The third-order valence-electron chi connectivity index (χ3n) is 8.11. The SMILES string of the molecule is Cc1ccc(S(=O)(=O)O[C@H]2CN(C(=O)OCc3ccccc3)[C@]3(C2)C(=O)N(Cc2ccccc2)[C@@H]3c2ccccc2)cc1. The van der Waals surface area contributed by atoms with E-state index in [0.29, 0.717) is 6.54 Å². The quantitative estimate of drug-likeness (QED) is 0.193. The van der Waals surface area contributed by atoms with Crippen molar-refractivity contribution >= 4 is 22.1 Å². The lowest BCUT2D eigenvalue weighted by atomic mass is 9.72. The van der Waals surface area contributed by atoms with Gasteiger partial charge in [-0.05, 0) is 35.7 Å². The van der Waals surface area contributed by atoms with E-state index in [1.165, 1.54) is 17.0 Å². The van der Waals surface area contributed by atoms with Gasteiger partial charge >= 0.3 is 6.09 Å². The molecular weight excluding hydrogens is 564 g/mol. The molecule has 0 N–H and O–H groups in total. The van der Waals surface area contributed by atoms with Gasteiger partial charge in [0.05, 0.1) is 23.6 Å². The van der Waals surface area contributed by atoms with Crippen LogP contribution in [0.3, 0.4) is 0 Å². The van der Waals surface area contributed by atoms with E-state index in [9.17, 15) is 18.0 Å². The van der Waals surface area contributed by atoms with Crippen LogP contribution in [-0.4, -0.2) is 48.4 Å². The van der Waals surface area contributed by atoms with Crippen molar-refractivity contribution in [1.29, 1.82) is 0 Å². The molecule has 0 radical (unpaired) electrons. The molecule has 2 fully saturated rings. The Kier molecular flexibility index (Phi) is 7.77. The van der Waals surface area contributed by atoms with Gasteiger partial charge in [0.25, 0.3) is 16.0 Å². The maximum atomic E-state index is 14.3. The van der Waals surface area contributed by atoms with Gasteiger partial charge in [-0.15, -0.1) is 0 Å². The smallest absolute Gasteiger partial charge is 0.411 e. The van der Waals surface area contributed by atoms with Crippen LogP contribution in [0.4, 0.5) is 4.79 Å². The van der Waals surface area contributed by atoms with Crippen molar-refractivity contribution in [2.24, 2.45) is 0 Å². The zero-order valence-electron chi connectivity index (χ0n) is 23.7. The van der Waals surface area contributed by atoms with E-state index >= 15 is 0 Å². The average Bonchev–Trinajstić information content (AvgIpc) is 3.41. The van der Waals surface area contributed by atoms with E-state index in [-0.39, 0.29) is 30.4 Å². The lowest BCUT2D eigenvalue weighted by Gasteiger charge is -2.57. The van der Waals surface area contributed by atoms with Crippen molar-refractivity contribution in [3.8, 4) is 0 Å². The van der Waals surface area contributed by atoms with Crippen LogP contribution in [-0.2, 0) is 37.0 Å². The predicted molar refractivity (Wildman–Crippen MR) is 160 cm³/mol. The van der Waals surface area contributed by atoms with Crippen LogP contribution < -0.4 is 0 Å². The van der Waals surface area contributed by atoms with Crippen LogP contribution >= 0.6 is 0 Å². The minimum atomic E-state index is -4.16. The number of benzene rings is 4. The number of β-lactam (4-membered cyclic amide) rings is 1. The Hall–Kier alpha value is -4.47. The molecule has 3 atom stereocenters. The van der Waals surface area contributed by atoms with E-state index in [0.717, 1.165) is 22.3 Å². The van der Waals surface area contributed by atoms with Crippen molar-refractivity contribution in [2.75, 3.05) is 6.54 Å². The number of hydrogen-bond acceptors (Lipinski definition) is 6. The number of likely N-dealkylation sites (tertiary alicyclic amines) is 2. The maximum Gasteiger partial charge on any atom is 0.411 e. The van der Waals surface area contributed by atoms with Gasteiger partial charge in [-0.1, -0.05) is 109 Å². The van der Waals surface area contributed by atoms with E-state index < -0.39 is 33.9 Å². The van der Waals surface area contributed by atoms with Gasteiger partial charge in [-0.25, -0.2) is 4.79 Å². The standard InChI is InChI=1S/C34H32N2O6S/c1-25-17-19-30(20-18-25)43(39,40)42-29-21-34(36(23-29)33(38)41-24-27-13-7-3-8-14-27)31(28-15-9-4-10-16-28)35(32(34)37)22-26-11-5-2-6-12-26/h2-20,29,31H,21-24H2,1H3/t29-,31-,34+/m1/s1. The highest BCUT2D eigenvalue weighted by Gasteiger charge is 2.69. The molecule has 0 aliphatic carbocycles. The van der Waals surface area contributed by atoms with Crippen molar-refractivity contribution in [2.45, 2.75) is 49.1 Å². The molecule has 2 aliphatic heterocycles. The first-order valence-electron chi connectivity index (χ1n) is 14.2. The molecule has 6 rings (SSSR count). The highest BCUT2D eigenvalue weighted by molar-refractivity contribution is 7.86. The Bertz CT molecular complexity index is 1700. The molecule has 0 bridgehead atoms. The van der Waals surface area contributed by atoms with Gasteiger partial charge in [0.2, 0.25) is 0 Å². The normalized spacial score (nSPS) is 21.6. The summed E-state index contributed by atoms with van der Waals surface area (Å²) in [5.41, 5.74) is 2.11. The molecule has 2 aliphatic rings. The lowest BCUT2D eigenvalue weighted by Crippen LogP contribution is -2.73. The minimum absolute atomic E-state index is 0.00219. The lowest BCUT2D eigenvalue weighted by molar-refractivity contribution is -0.174. The van der Waals surface area contributed by atoms with Crippen LogP contribution in [0.15, 0.2) is 120 Å². The third kappa shape index (κ3) is 5.53. The number of nitrogens with zero attached hydrogens (tertiary/aromatic N) is 2. The van der Waals surface area contributed by atoms with Gasteiger partial charge in [0.1, 0.15) is 6.61 Å². The molecule has 2 saturated heterocycles.